The Morgan fingerprint density at radius 3 is 2.65 bits per heavy atom. The summed E-state index contributed by atoms with van der Waals surface area (Å²) in [5, 5.41) is 3.07. The highest BCUT2D eigenvalue weighted by Gasteiger charge is 2.23. The van der Waals surface area contributed by atoms with E-state index in [1.165, 1.54) is 6.07 Å². The third-order valence-corrected chi connectivity index (χ3v) is 3.69. The van der Waals surface area contributed by atoms with Gasteiger partial charge in [0.15, 0.2) is 5.82 Å². The SMILES string of the molecule is CC1CCC(Nc2c(N)cc(N)c(Cl)c2F)C1. The third kappa shape index (κ3) is 2.41. The Labute approximate surface area is 105 Å². The molecule has 0 aromatic heterocycles. The fourth-order valence-corrected chi connectivity index (χ4v) is 2.50. The van der Waals surface area contributed by atoms with Crippen molar-refractivity contribution in [1.82, 2.24) is 0 Å². The van der Waals surface area contributed by atoms with E-state index in [-0.39, 0.29) is 22.4 Å². The van der Waals surface area contributed by atoms with Crippen molar-refractivity contribution in [2.45, 2.75) is 32.2 Å². The average Bonchev–Trinajstić information content (AvgIpc) is 2.67. The molecule has 0 saturated heterocycles. The molecular formula is C12H17ClFN3. The second-order valence-corrected chi connectivity index (χ2v) is 5.20. The predicted octanol–water partition coefficient (Wildman–Crippen LogP) is 3.24. The maximum atomic E-state index is 13.9. The first-order valence-electron chi connectivity index (χ1n) is 5.78. The second kappa shape index (κ2) is 4.61. The molecule has 1 aromatic carbocycles. The van der Waals surface area contributed by atoms with Crippen LogP contribution < -0.4 is 16.8 Å². The van der Waals surface area contributed by atoms with Gasteiger partial charge in [-0.05, 0) is 31.2 Å². The van der Waals surface area contributed by atoms with E-state index in [1.54, 1.807) is 0 Å². The summed E-state index contributed by atoms with van der Waals surface area (Å²) in [6.07, 6.45) is 3.21. The molecule has 0 amide bonds. The number of nitrogen functional groups attached to an aromatic ring is 2. The van der Waals surface area contributed by atoms with Crippen LogP contribution in [0.1, 0.15) is 26.2 Å². The van der Waals surface area contributed by atoms with Crippen LogP contribution in [0.2, 0.25) is 5.02 Å². The van der Waals surface area contributed by atoms with Crippen LogP contribution in [0.4, 0.5) is 21.5 Å². The second-order valence-electron chi connectivity index (χ2n) is 4.82. The van der Waals surface area contributed by atoms with E-state index in [4.69, 9.17) is 23.1 Å². The van der Waals surface area contributed by atoms with E-state index < -0.39 is 5.82 Å². The van der Waals surface area contributed by atoms with Crippen LogP contribution in [0.15, 0.2) is 6.07 Å². The molecule has 2 rings (SSSR count). The van der Waals surface area contributed by atoms with Gasteiger partial charge in [-0.2, -0.15) is 0 Å². The molecule has 1 aromatic rings. The first-order valence-corrected chi connectivity index (χ1v) is 6.16. The number of rotatable bonds is 2. The molecule has 0 spiro atoms. The van der Waals surface area contributed by atoms with Gasteiger partial charge >= 0.3 is 0 Å². The van der Waals surface area contributed by atoms with Crippen LogP contribution in [-0.4, -0.2) is 6.04 Å². The van der Waals surface area contributed by atoms with E-state index in [0.29, 0.717) is 11.6 Å². The monoisotopic (exact) mass is 257 g/mol. The van der Waals surface area contributed by atoms with E-state index in [2.05, 4.69) is 12.2 Å². The predicted molar refractivity (Wildman–Crippen MR) is 70.7 cm³/mol. The molecular weight excluding hydrogens is 241 g/mol. The number of anilines is 3. The molecule has 0 radical (unpaired) electrons. The highest BCUT2D eigenvalue weighted by Crippen LogP contribution is 2.36. The van der Waals surface area contributed by atoms with Crippen LogP contribution in [0.25, 0.3) is 0 Å². The van der Waals surface area contributed by atoms with Crippen molar-refractivity contribution < 1.29 is 4.39 Å². The van der Waals surface area contributed by atoms with Crippen molar-refractivity contribution >= 4 is 28.7 Å². The number of nitrogens with two attached hydrogens (primary N) is 2. The van der Waals surface area contributed by atoms with Crippen molar-refractivity contribution in [3.05, 3.63) is 16.9 Å². The number of halogens is 2. The summed E-state index contributed by atoms with van der Waals surface area (Å²) in [6.45, 7) is 2.19. The van der Waals surface area contributed by atoms with Crippen LogP contribution in [0.3, 0.4) is 0 Å². The van der Waals surface area contributed by atoms with Gasteiger partial charge in [0.2, 0.25) is 0 Å². The van der Waals surface area contributed by atoms with Gasteiger partial charge in [-0.3, -0.25) is 0 Å². The Morgan fingerprint density at radius 1 is 1.35 bits per heavy atom. The van der Waals surface area contributed by atoms with Crippen LogP contribution in [-0.2, 0) is 0 Å². The summed E-state index contributed by atoms with van der Waals surface area (Å²) in [7, 11) is 0. The zero-order valence-corrected chi connectivity index (χ0v) is 10.5. The molecule has 1 aliphatic rings. The van der Waals surface area contributed by atoms with Gasteiger partial charge in [0, 0.05) is 6.04 Å². The Balaban J connectivity index is 2.24. The Hall–Kier alpha value is -1.16. The minimum Gasteiger partial charge on any atom is -0.397 e. The average molecular weight is 258 g/mol. The van der Waals surface area contributed by atoms with Crippen LogP contribution in [0.5, 0.6) is 0 Å². The standard InChI is InChI=1S/C12H17ClFN3/c1-6-2-3-7(4-6)17-12-9(16)5-8(15)10(13)11(12)14/h5-7,17H,2-4,15-16H2,1H3. The Bertz CT molecular complexity index is 436. The lowest BCUT2D eigenvalue weighted by atomic mass is 10.1. The van der Waals surface area contributed by atoms with E-state index >= 15 is 0 Å². The number of hydrogen-bond acceptors (Lipinski definition) is 3. The molecule has 1 fully saturated rings. The van der Waals surface area contributed by atoms with Crippen molar-refractivity contribution in [3.63, 3.8) is 0 Å². The topological polar surface area (TPSA) is 64.1 Å². The first kappa shape index (κ1) is 12.3. The van der Waals surface area contributed by atoms with Gasteiger partial charge in [0.25, 0.3) is 0 Å². The fraction of sp³-hybridized carbons (Fsp3) is 0.500. The molecule has 0 aliphatic heterocycles. The van der Waals surface area contributed by atoms with Crippen molar-refractivity contribution in [2.24, 2.45) is 5.92 Å². The summed E-state index contributed by atoms with van der Waals surface area (Å²) in [5.74, 6) is 0.116. The summed E-state index contributed by atoms with van der Waals surface area (Å²) in [5.41, 5.74) is 12.1. The largest absolute Gasteiger partial charge is 0.397 e. The van der Waals surface area contributed by atoms with E-state index in [9.17, 15) is 4.39 Å². The van der Waals surface area contributed by atoms with Crippen LogP contribution >= 0.6 is 11.6 Å². The minimum atomic E-state index is -0.552. The molecule has 0 heterocycles. The molecule has 1 saturated carbocycles. The van der Waals surface area contributed by atoms with Gasteiger partial charge in [0.05, 0.1) is 17.1 Å². The molecule has 2 unspecified atom stereocenters. The maximum Gasteiger partial charge on any atom is 0.169 e. The number of nitrogens with one attached hydrogen (secondary N) is 1. The van der Waals surface area contributed by atoms with E-state index in [1.807, 2.05) is 0 Å². The molecule has 94 valence electrons. The van der Waals surface area contributed by atoms with Gasteiger partial charge in [-0.15, -0.1) is 0 Å². The maximum absolute atomic E-state index is 13.9. The zero-order chi connectivity index (χ0) is 12.6. The lowest BCUT2D eigenvalue weighted by Gasteiger charge is -2.17. The van der Waals surface area contributed by atoms with Gasteiger partial charge in [0.1, 0.15) is 5.02 Å². The molecule has 17 heavy (non-hydrogen) atoms. The quantitative estimate of drug-likeness (QED) is 0.713. The number of hydrogen-bond donors (Lipinski definition) is 3. The summed E-state index contributed by atoms with van der Waals surface area (Å²) in [6, 6.07) is 1.76. The highest BCUT2D eigenvalue weighted by atomic mass is 35.5. The normalized spacial score (nSPS) is 23.9. The minimum absolute atomic E-state index is 0.0623. The molecule has 2 atom stereocenters. The third-order valence-electron chi connectivity index (χ3n) is 3.31. The van der Waals surface area contributed by atoms with Gasteiger partial charge in [-0.1, -0.05) is 18.5 Å². The number of benzene rings is 1. The lowest BCUT2D eigenvalue weighted by Crippen LogP contribution is -2.18. The highest BCUT2D eigenvalue weighted by molar-refractivity contribution is 6.33. The molecule has 5 N–H and O–H groups in total. The van der Waals surface area contributed by atoms with Crippen LogP contribution in [0, 0.1) is 11.7 Å². The van der Waals surface area contributed by atoms with Crippen molar-refractivity contribution in [2.75, 3.05) is 16.8 Å². The Kier molecular flexibility index (Phi) is 3.33. The summed E-state index contributed by atoms with van der Waals surface area (Å²) < 4.78 is 13.9. The first-order chi connectivity index (χ1) is 7.99. The summed E-state index contributed by atoms with van der Waals surface area (Å²) >= 11 is 5.77. The smallest absolute Gasteiger partial charge is 0.169 e. The van der Waals surface area contributed by atoms with Crippen molar-refractivity contribution in [3.8, 4) is 0 Å². The van der Waals surface area contributed by atoms with E-state index in [0.717, 1.165) is 19.3 Å². The summed E-state index contributed by atoms with van der Waals surface area (Å²) in [4.78, 5) is 0. The van der Waals surface area contributed by atoms with Crippen molar-refractivity contribution in [1.29, 1.82) is 0 Å². The zero-order valence-electron chi connectivity index (χ0n) is 9.76. The Morgan fingerprint density at radius 2 is 2.06 bits per heavy atom. The molecule has 3 nitrogen and oxygen atoms in total. The van der Waals surface area contributed by atoms with Gasteiger partial charge < -0.3 is 16.8 Å². The fourth-order valence-electron chi connectivity index (χ4n) is 2.36. The molecule has 0 bridgehead atoms. The van der Waals surface area contributed by atoms with Gasteiger partial charge in [-0.25, -0.2) is 4.39 Å². The lowest BCUT2D eigenvalue weighted by molar-refractivity contribution is 0.598. The molecule has 1 aliphatic carbocycles. The molecule has 5 heteroatoms.